The summed E-state index contributed by atoms with van der Waals surface area (Å²) in [5, 5.41) is 18.8. The molecule has 20 heavy (non-hydrogen) atoms. The van der Waals surface area contributed by atoms with Crippen molar-refractivity contribution in [1.82, 2.24) is 4.98 Å². The third-order valence-corrected chi connectivity index (χ3v) is 2.83. The molecule has 1 heterocycles. The van der Waals surface area contributed by atoms with Gasteiger partial charge in [0, 0.05) is 13.2 Å². The van der Waals surface area contributed by atoms with Crippen molar-refractivity contribution in [1.29, 1.82) is 0 Å². The Hall–Kier alpha value is -2.89. The van der Waals surface area contributed by atoms with Crippen LogP contribution in [0.15, 0.2) is 42.7 Å². The first-order valence-corrected chi connectivity index (χ1v) is 5.75. The highest BCUT2D eigenvalue weighted by Crippen LogP contribution is 2.23. The van der Waals surface area contributed by atoms with Gasteiger partial charge in [-0.1, -0.05) is 12.1 Å². The molecule has 2 N–H and O–H groups in total. The van der Waals surface area contributed by atoms with Crippen LogP contribution < -0.4 is 4.90 Å². The maximum absolute atomic E-state index is 12.3. The lowest BCUT2D eigenvalue weighted by Crippen LogP contribution is -2.28. The molecule has 1 aromatic carbocycles. The van der Waals surface area contributed by atoms with Crippen LogP contribution >= 0.6 is 0 Å². The number of carboxylic acids is 1. The van der Waals surface area contributed by atoms with Gasteiger partial charge in [0.05, 0.1) is 23.0 Å². The van der Waals surface area contributed by atoms with Crippen LogP contribution in [0.2, 0.25) is 0 Å². The second-order valence-corrected chi connectivity index (χ2v) is 4.08. The molecule has 0 spiro atoms. The zero-order valence-corrected chi connectivity index (χ0v) is 10.6. The van der Waals surface area contributed by atoms with E-state index >= 15 is 0 Å². The molecule has 0 fully saturated rings. The Morgan fingerprint density at radius 2 is 1.85 bits per heavy atom. The molecule has 0 aliphatic rings. The van der Waals surface area contributed by atoms with E-state index in [4.69, 9.17) is 5.11 Å². The van der Waals surface area contributed by atoms with Crippen LogP contribution in [0.3, 0.4) is 0 Å². The van der Waals surface area contributed by atoms with Gasteiger partial charge in [-0.25, -0.2) is 4.79 Å². The molecule has 0 radical (unpaired) electrons. The number of carboxylic acid groups (broad SMARTS) is 1. The summed E-state index contributed by atoms with van der Waals surface area (Å²) in [5.74, 6) is -1.89. The van der Waals surface area contributed by atoms with Crippen molar-refractivity contribution in [3.63, 3.8) is 0 Å². The number of aromatic hydroxyl groups is 1. The number of aromatic nitrogens is 1. The van der Waals surface area contributed by atoms with Crippen LogP contribution in [-0.2, 0) is 0 Å². The van der Waals surface area contributed by atoms with Crippen LogP contribution in [-0.4, -0.2) is 34.1 Å². The number of rotatable bonds is 3. The van der Waals surface area contributed by atoms with Crippen LogP contribution in [0.25, 0.3) is 0 Å². The third-order valence-electron chi connectivity index (χ3n) is 2.83. The van der Waals surface area contributed by atoms with Gasteiger partial charge in [-0.05, 0) is 18.2 Å². The number of hydrogen-bond acceptors (Lipinski definition) is 4. The van der Waals surface area contributed by atoms with Crippen molar-refractivity contribution in [2.45, 2.75) is 0 Å². The van der Waals surface area contributed by atoms with Gasteiger partial charge in [0.1, 0.15) is 5.75 Å². The highest BCUT2D eigenvalue weighted by atomic mass is 16.4. The molecule has 1 amide bonds. The summed E-state index contributed by atoms with van der Waals surface area (Å²) in [7, 11) is 1.45. The number of nitrogens with zero attached hydrogens (tertiary/aromatic N) is 2. The minimum atomic E-state index is -1.13. The molecule has 0 saturated heterocycles. The lowest BCUT2D eigenvalue weighted by Gasteiger charge is -2.19. The van der Waals surface area contributed by atoms with Crippen molar-refractivity contribution < 1.29 is 19.8 Å². The summed E-state index contributed by atoms with van der Waals surface area (Å²) in [6.07, 6.45) is 2.54. The average molecular weight is 272 g/mol. The Morgan fingerprint density at radius 1 is 1.15 bits per heavy atom. The van der Waals surface area contributed by atoms with Gasteiger partial charge in [-0.15, -0.1) is 0 Å². The molecule has 0 bridgehead atoms. The van der Waals surface area contributed by atoms with E-state index < -0.39 is 11.9 Å². The topological polar surface area (TPSA) is 90.7 Å². The largest absolute Gasteiger partial charge is 0.505 e. The van der Waals surface area contributed by atoms with E-state index in [1.54, 1.807) is 12.1 Å². The molecule has 0 atom stereocenters. The summed E-state index contributed by atoms with van der Waals surface area (Å²) >= 11 is 0. The Kier molecular flexibility index (Phi) is 3.65. The summed E-state index contributed by atoms with van der Waals surface area (Å²) < 4.78 is 0. The Morgan fingerprint density at radius 3 is 2.50 bits per heavy atom. The van der Waals surface area contributed by atoms with Crippen LogP contribution in [0, 0.1) is 0 Å². The van der Waals surface area contributed by atoms with Crippen LogP contribution in [0.5, 0.6) is 5.75 Å². The quantitative estimate of drug-likeness (QED) is 0.888. The number of anilines is 1. The predicted molar refractivity (Wildman–Crippen MR) is 72.0 cm³/mol. The normalized spacial score (nSPS) is 10.1. The van der Waals surface area contributed by atoms with E-state index in [1.165, 1.54) is 36.3 Å². The van der Waals surface area contributed by atoms with Gasteiger partial charge in [0.15, 0.2) is 0 Å². The second-order valence-electron chi connectivity index (χ2n) is 4.08. The van der Waals surface area contributed by atoms with Gasteiger partial charge < -0.3 is 15.1 Å². The summed E-state index contributed by atoms with van der Waals surface area (Å²) in [5.41, 5.74) is 0.320. The molecule has 0 saturated carbocycles. The molecule has 0 unspecified atom stereocenters. The Labute approximate surface area is 114 Å². The van der Waals surface area contributed by atoms with Gasteiger partial charge in [0.25, 0.3) is 5.91 Å². The van der Waals surface area contributed by atoms with E-state index in [9.17, 15) is 14.7 Å². The monoisotopic (exact) mass is 272 g/mol. The molecule has 2 rings (SSSR count). The molecule has 0 aliphatic heterocycles. The Bertz CT molecular complexity index is 670. The molecule has 6 nitrogen and oxygen atoms in total. The van der Waals surface area contributed by atoms with Gasteiger partial charge >= 0.3 is 5.97 Å². The fourth-order valence-corrected chi connectivity index (χ4v) is 1.80. The maximum atomic E-state index is 12.3. The van der Waals surface area contributed by atoms with E-state index in [-0.39, 0.29) is 22.6 Å². The van der Waals surface area contributed by atoms with Gasteiger partial charge in [-0.3, -0.25) is 9.78 Å². The highest BCUT2D eigenvalue weighted by Gasteiger charge is 2.21. The highest BCUT2D eigenvalue weighted by molar-refractivity contribution is 6.10. The van der Waals surface area contributed by atoms with Gasteiger partial charge in [0.2, 0.25) is 0 Å². The molecule has 2 aromatic rings. The predicted octanol–water partition coefficient (Wildman–Crippen LogP) is 1.76. The molecule has 0 aliphatic carbocycles. The summed E-state index contributed by atoms with van der Waals surface area (Å²) in [4.78, 5) is 28.3. The number of para-hydroxylation sites is 1. The number of carbonyl (C=O) groups excluding carboxylic acids is 1. The minimum Gasteiger partial charge on any atom is -0.505 e. The Balaban J connectivity index is 2.42. The first-order chi connectivity index (χ1) is 9.52. The molecular weight excluding hydrogens is 260 g/mol. The molecular formula is C14H12N2O4. The van der Waals surface area contributed by atoms with E-state index in [2.05, 4.69) is 4.98 Å². The first kappa shape index (κ1) is 13.5. The van der Waals surface area contributed by atoms with Crippen molar-refractivity contribution in [2.24, 2.45) is 0 Å². The molecule has 6 heteroatoms. The zero-order valence-electron chi connectivity index (χ0n) is 10.6. The third kappa shape index (κ3) is 2.44. The summed E-state index contributed by atoms with van der Waals surface area (Å²) in [6.45, 7) is 0. The van der Waals surface area contributed by atoms with Crippen LogP contribution in [0.1, 0.15) is 20.7 Å². The van der Waals surface area contributed by atoms with Crippen molar-refractivity contribution in [3.8, 4) is 5.75 Å². The van der Waals surface area contributed by atoms with Crippen molar-refractivity contribution >= 4 is 17.6 Å². The van der Waals surface area contributed by atoms with E-state index in [1.807, 2.05) is 0 Å². The second kappa shape index (κ2) is 5.40. The number of benzene rings is 1. The average Bonchev–Trinajstić information content (AvgIpc) is 2.46. The number of carbonyl (C=O) groups is 2. The fourth-order valence-electron chi connectivity index (χ4n) is 1.80. The number of hydrogen-bond donors (Lipinski definition) is 2. The maximum Gasteiger partial charge on any atom is 0.337 e. The lowest BCUT2D eigenvalue weighted by molar-refractivity contribution is 0.0697. The minimum absolute atomic E-state index is 0.0110. The van der Waals surface area contributed by atoms with Crippen molar-refractivity contribution in [2.75, 3.05) is 11.9 Å². The van der Waals surface area contributed by atoms with E-state index in [0.29, 0.717) is 0 Å². The standard InChI is InChI=1S/C14H12N2O4/c1-16(11-5-3-2-4-9(11)14(19)20)13(18)10-6-7-15-8-12(10)17/h2-8,17H,1H3,(H,19,20). The number of aromatic carboxylic acids is 1. The fraction of sp³-hybridized carbons (Fsp3) is 0.0714. The SMILES string of the molecule is CN(C(=O)c1ccncc1O)c1ccccc1C(=O)O. The van der Waals surface area contributed by atoms with E-state index in [0.717, 1.165) is 6.20 Å². The number of pyridine rings is 1. The smallest absolute Gasteiger partial charge is 0.337 e. The summed E-state index contributed by atoms with van der Waals surface area (Å²) in [6, 6.07) is 7.53. The molecule has 102 valence electrons. The van der Waals surface area contributed by atoms with Crippen LogP contribution in [0.4, 0.5) is 5.69 Å². The van der Waals surface area contributed by atoms with Crippen molar-refractivity contribution in [3.05, 3.63) is 53.9 Å². The van der Waals surface area contributed by atoms with Gasteiger partial charge in [-0.2, -0.15) is 0 Å². The zero-order chi connectivity index (χ0) is 14.7. The first-order valence-electron chi connectivity index (χ1n) is 5.75. The molecule has 1 aromatic heterocycles. The lowest BCUT2D eigenvalue weighted by atomic mass is 10.1. The number of amides is 1.